The maximum absolute atomic E-state index is 12.0. The summed E-state index contributed by atoms with van der Waals surface area (Å²) in [6.45, 7) is 0.813. The molecular weight excluding hydrogens is 252 g/mol. The van der Waals surface area contributed by atoms with Crippen molar-refractivity contribution in [3.8, 4) is 0 Å². The van der Waals surface area contributed by atoms with Crippen molar-refractivity contribution < 1.29 is 24.5 Å². The van der Waals surface area contributed by atoms with Crippen LogP contribution in [0.25, 0.3) is 0 Å². The van der Waals surface area contributed by atoms with E-state index in [-0.39, 0.29) is 30.4 Å². The quantitative estimate of drug-likeness (QED) is 0.668. The third kappa shape index (κ3) is 4.65. The maximum Gasteiger partial charge on any atom is 0.354 e. The molecule has 7 nitrogen and oxygen atoms in total. The van der Waals surface area contributed by atoms with E-state index in [4.69, 9.17) is 14.9 Å². The molecule has 0 atom stereocenters. The summed E-state index contributed by atoms with van der Waals surface area (Å²) in [5, 5.41) is 17.3. The van der Waals surface area contributed by atoms with Crippen LogP contribution in [-0.2, 0) is 4.74 Å². The van der Waals surface area contributed by atoms with E-state index in [1.165, 1.54) is 23.2 Å². The first-order valence-electron chi connectivity index (χ1n) is 5.69. The van der Waals surface area contributed by atoms with E-state index in [9.17, 15) is 9.59 Å². The third-order valence-corrected chi connectivity index (χ3v) is 2.38. The molecule has 1 aromatic heterocycles. The Morgan fingerprint density at radius 2 is 2.16 bits per heavy atom. The normalized spacial score (nSPS) is 10.2. The molecule has 0 saturated carbocycles. The van der Waals surface area contributed by atoms with Gasteiger partial charge in [0, 0.05) is 25.4 Å². The number of likely N-dealkylation sites (N-methyl/N-ethyl adjacent to an activating group) is 1. The van der Waals surface area contributed by atoms with Gasteiger partial charge in [-0.05, 0) is 12.1 Å². The molecule has 19 heavy (non-hydrogen) atoms. The summed E-state index contributed by atoms with van der Waals surface area (Å²) in [5.74, 6) is -1.49. The summed E-state index contributed by atoms with van der Waals surface area (Å²) in [4.78, 5) is 27.8. The number of rotatable bonds is 7. The van der Waals surface area contributed by atoms with Gasteiger partial charge in [-0.1, -0.05) is 0 Å². The number of aliphatic hydroxyl groups excluding tert-OH is 1. The molecule has 0 aromatic carbocycles. The van der Waals surface area contributed by atoms with E-state index < -0.39 is 5.97 Å². The lowest BCUT2D eigenvalue weighted by molar-refractivity contribution is 0.0618. The number of carbonyl (C=O) groups excluding carboxylic acids is 1. The largest absolute Gasteiger partial charge is 0.477 e. The number of carboxylic acid groups (broad SMARTS) is 1. The first kappa shape index (κ1) is 15.1. The first-order chi connectivity index (χ1) is 9.06. The zero-order chi connectivity index (χ0) is 14.3. The summed E-state index contributed by atoms with van der Waals surface area (Å²) in [6.07, 6.45) is 1.28. The molecule has 0 bridgehead atoms. The highest BCUT2D eigenvalue weighted by atomic mass is 16.5. The first-order valence-corrected chi connectivity index (χ1v) is 5.69. The van der Waals surface area contributed by atoms with Crippen molar-refractivity contribution in [2.45, 2.75) is 0 Å². The number of pyridine rings is 1. The lowest BCUT2D eigenvalue weighted by Gasteiger charge is -2.17. The number of hydrogen-bond donors (Lipinski definition) is 2. The topological polar surface area (TPSA) is 100.0 Å². The Bertz CT molecular complexity index is 450. The molecule has 7 heteroatoms. The number of nitrogens with zero attached hydrogens (tertiary/aromatic N) is 2. The molecule has 0 spiro atoms. The summed E-state index contributed by atoms with van der Waals surface area (Å²) in [6, 6.07) is 2.69. The zero-order valence-corrected chi connectivity index (χ0v) is 10.6. The van der Waals surface area contributed by atoms with Crippen LogP contribution in [0.4, 0.5) is 0 Å². The van der Waals surface area contributed by atoms with Gasteiger partial charge in [0.15, 0.2) is 0 Å². The Hall–Kier alpha value is -1.99. The molecule has 0 fully saturated rings. The van der Waals surface area contributed by atoms with Crippen LogP contribution >= 0.6 is 0 Å². The average molecular weight is 268 g/mol. The van der Waals surface area contributed by atoms with Gasteiger partial charge in [0.05, 0.1) is 19.8 Å². The monoisotopic (exact) mass is 268 g/mol. The van der Waals surface area contributed by atoms with E-state index >= 15 is 0 Å². The molecule has 1 rings (SSSR count). The van der Waals surface area contributed by atoms with E-state index in [0.29, 0.717) is 13.2 Å². The van der Waals surface area contributed by atoms with Crippen LogP contribution < -0.4 is 0 Å². The molecule has 0 aliphatic rings. The van der Waals surface area contributed by atoms with Gasteiger partial charge in [-0.2, -0.15) is 0 Å². The van der Waals surface area contributed by atoms with Crippen molar-refractivity contribution in [3.63, 3.8) is 0 Å². The van der Waals surface area contributed by atoms with Crippen molar-refractivity contribution in [1.82, 2.24) is 9.88 Å². The van der Waals surface area contributed by atoms with E-state index in [1.54, 1.807) is 7.05 Å². The molecule has 0 aliphatic heterocycles. The Labute approximate surface area is 110 Å². The number of aliphatic hydroxyl groups is 1. The molecule has 0 aliphatic carbocycles. The van der Waals surface area contributed by atoms with Crippen molar-refractivity contribution in [2.24, 2.45) is 0 Å². The summed E-state index contributed by atoms with van der Waals surface area (Å²) >= 11 is 0. The fourth-order valence-corrected chi connectivity index (χ4v) is 1.37. The van der Waals surface area contributed by atoms with Crippen molar-refractivity contribution in [2.75, 3.05) is 33.4 Å². The molecule has 0 radical (unpaired) electrons. The fraction of sp³-hybridized carbons (Fsp3) is 0.417. The van der Waals surface area contributed by atoms with Gasteiger partial charge in [0.2, 0.25) is 0 Å². The molecule has 0 unspecified atom stereocenters. The zero-order valence-electron chi connectivity index (χ0n) is 10.6. The van der Waals surface area contributed by atoms with E-state index in [0.717, 1.165) is 0 Å². The van der Waals surface area contributed by atoms with E-state index in [1.807, 2.05) is 0 Å². The molecule has 1 aromatic rings. The van der Waals surface area contributed by atoms with Crippen LogP contribution in [0.2, 0.25) is 0 Å². The predicted molar refractivity (Wildman–Crippen MR) is 66.1 cm³/mol. The van der Waals surface area contributed by atoms with Gasteiger partial charge in [-0.3, -0.25) is 4.79 Å². The van der Waals surface area contributed by atoms with Crippen molar-refractivity contribution in [1.29, 1.82) is 0 Å². The summed E-state index contributed by atoms with van der Waals surface area (Å²) < 4.78 is 5.05. The van der Waals surface area contributed by atoms with Gasteiger partial charge in [0.25, 0.3) is 5.91 Å². The number of aromatic carboxylic acids is 1. The highest BCUT2D eigenvalue weighted by Gasteiger charge is 2.14. The van der Waals surface area contributed by atoms with Crippen LogP contribution in [0.5, 0.6) is 0 Å². The van der Waals surface area contributed by atoms with Crippen LogP contribution in [-0.4, -0.2) is 65.4 Å². The van der Waals surface area contributed by atoms with Gasteiger partial charge in [-0.15, -0.1) is 0 Å². The summed E-state index contributed by atoms with van der Waals surface area (Å²) in [5.41, 5.74) is 0.0906. The van der Waals surface area contributed by atoms with Crippen molar-refractivity contribution in [3.05, 3.63) is 29.6 Å². The smallest absolute Gasteiger partial charge is 0.354 e. The minimum absolute atomic E-state index is 0.0655. The number of aromatic nitrogens is 1. The second-order valence-corrected chi connectivity index (χ2v) is 3.80. The van der Waals surface area contributed by atoms with Crippen molar-refractivity contribution >= 4 is 11.9 Å². The highest BCUT2D eigenvalue weighted by Crippen LogP contribution is 2.05. The molecule has 0 saturated heterocycles. The second kappa shape index (κ2) is 7.45. The number of carboxylic acids is 1. The molecule has 2 N–H and O–H groups in total. The van der Waals surface area contributed by atoms with Crippen LogP contribution in [0.15, 0.2) is 18.3 Å². The van der Waals surface area contributed by atoms with Gasteiger partial charge in [-0.25, -0.2) is 9.78 Å². The predicted octanol–water partition coefficient (Wildman–Crippen LogP) is -0.139. The highest BCUT2D eigenvalue weighted by molar-refractivity contribution is 5.96. The molecule has 104 valence electrons. The Morgan fingerprint density at radius 1 is 1.42 bits per heavy atom. The molecular formula is C12H16N2O5. The lowest BCUT2D eigenvalue weighted by Crippen LogP contribution is -2.30. The lowest BCUT2D eigenvalue weighted by atomic mass is 10.2. The van der Waals surface area contributed by atoms with Crippen LogP contribution in [0.1, 0.15) is 20.8 Å². The van der Waals surface area contributed by atoms with Crippen LogP contribution in [0.3, 0.4) is 0 Å². The van der Waals surface area contributed by atoms with Crippen LogP contribution in [0, 0.1) is 0 Å². The van der Waals surface area contributed by atoms with Gasteiger partial charge < -0.3 is 19.8 Å². The molecule has 1 amide bonds. The fourth-order valence-electron chi connectivity index (χ4n) is 1.37. The summed E-state index contributed by atoms with van der Waals surface area (Å²) in [7, 11) is 1.59. The SMILES string of the molecule is CN(CCOCCO)C(=O)c1ccnc(C(=O)O)c1. The Kier molecular flexibility index (Phi) is 5.91. The van der Waals surface area contributed by atoms with Gasteiger partial charge in [0.1, 0.15) is 5.69 Å². The Morgan fingerprint density at radius 3 is 2.79 bits per heavy atom. The third-order valence-electron chi connectivity index (χ3n) is 2.38. The minimum atomic E-state index is -1.18. The van der Waals surface area contributed by atoms with E-state index in [2.05, 4.69) is 4.98 Å². The number of amides is 1. The number of hydrogen-bond acceptors (Lipinski definition) is 5. The minimum Gasteiger partial charge on any atom is -0.477 e. The standard InChI is InChI=1S/C12H16N2O5/c1-14(4-6-19-7-5-15)11(16)9-2-3-13-10(8-9)12(17)18/h2-3,8,15H,4-7H2,1H3,(H,17,18). The maximum atomic E-state index is 12.0. The second-order valence-electron chi connectivity index (χ2n) is 3.80. The Balaban J connectivity index is 2.61. The number of ether oxygens (including phenoxy) is 1. The number of carbonyl (C=O) groups is 2. The molecule has 1 heterocycles. The van der Waals surface area contributed by atoms with Gasteiger partial charge >= 0.3 is 5.97 Å². The average Bonchev–Trinajstić information content (AvgIpc) is 2.42.